The second-order valence-electron chi connectivity index (χ2n) is 7.64. The summed E-state index contributed by atoms with van der Waals surface area (Å²) < 4.78 is 5.59. The zero-order valence-corrected chi connectivity index (χ0v) is 24.0. The van der Waals surface area contributed by atoms with Crippen molar-refractivity contribution >= 4 is 23.6 Å². The lowest BCUT2D eigenvalue weighted by Gasteiger charge is -2.16. The summed E-state index contributed by atoms with van der Waals surface area (Å²) in [7, 11) is 0. The van der Waals surface area contributed by atoms with E-state index >= 15 is 0 Å². The first-order chi connectivity index (χ1) is 17.4. The van der Waals surface area contributed by atoms with E-state index in [9.17, 15) is 4.79 Å². The average molecular weight is 502 g/mol. The van der Waals surface area contributed by atoms with E-state index in [2.05, 4.69) is 31.1 Å². The first-order valence-corrected chi connectivity index (χ1v) is 13.4. The van der Waals surface area contributed by atoms with Crippen molar-refractivity contribution in [1.82, 2.24) is 9.88 Å². The van der Waals surface area contributed by atoms with E-state index in [4.69, 9.17) is 15.9 Å². The molecule has 7 heteroatoms. The molecule has 0 spiro atoms. The molecule has 0 radical (unpaired) electrons. The zero-order valence-electron chi connectivity index (χ0n) is 24.0. The Bertz CT molecular complexity index is 827. The van der Waals surface area contributed by atoms with Crippen molar-refractivity contribution in [1.29, 1.82) is 5.41 Å². The van der Waals surface area contributed by atoms with Crippen LogP contribution in [0.3, 0.4) is 0 Å². The fraction of sp³-hybridized carbons (Fsp3) is 0.552. The maximum Gasteiger partial charge on any atom is 0.222 e. The van der Waals surface area contributed by atoms with Crippen LogP contribution in [0.2, 0.25) is 0 Å². The Morgan fingerprint density at radius 3 is 2.31 bits per heavy atom. The smallest absolute Gasteiger partial charge is 0.222 e. The number of rotatable bonds is 8. The minimum absolute atomic E-state index is 0.208. The lowest BCUT2D eigenvalue weighted by molar-refractivity contribution is -0.128. The molecule has 3 rings (SSSR count). The molecule has 0 saturated carbocycles. The van der Waals surface area contributed by atoms with Crippen molar-refractivity contribution in [2.45, 2.75) is 81.1 Å². The van der Waals surface area contributed by atoms with E-state index in [0.717, 1.165) is 37.2 Å². The number of carbonyl (C=O) groups excluding carboxylic acids is 1. The number of nitrogens with two attached hydrogens (primary N) is 1. The highest BCUT2D eigenvalue weighted by Gasteiger charge is 2.19. The largest absolute Gasteiger partial charge is 0.476 e. The lowest BCUT2D eigenvalue weighted by atomic mass is 10.2. The molecule has 7 nitrogen and oxygen atoms in total. The second-order valence-corrected chi connectivity index (χ2v) is 7.64. The summed E-state index contributed by atoms with van der Waals surface area (Å²) in [5.41, 5.74) is 8.83. The fourth-order valence-corrected chi connectivity index (χ4v) is 2.93. The van der Waals surface area contributed by atoms with Crippen LogP contribution in [-0.4, -0.2) is 48.2 Å². The van der Waals surface area contributed by atoms with Gasteiger partial charge < -0.3 is 26.1 Å². The molecule has 36 heavy (non-hydrogen) atoms. The zero-order chi connectivity index (χ0) is 27.8. The number of hydrogen-bond donors (Lipinski definition) is 3. The van der Waals surface area contributed by atoms with Gasteiger partial charge in [0.15, 0.2) is 0 Å². The van der Waals surface area contributed by atoms with Gasteiger partial charge in [0.2, 0.25) is 11.8 Å². The predicted octanol–water partition coefficient (Wildman–Crippen LogP) is 6.95. The molecule has 2 aromatic rings. The predicted molar refractivity (Wildman–Crippen MR) is 156 cm³/mol. The molecule has 0 unspecified atom stereocenters. The summed E-state index contributed by atoms with van der Waals surface area (Å²) in [5, 5.41) is 10.2. The maximum atomic E-state index is 11.5. The van der Waals surface area contributed by atoms with Gasteiger partial charge in [-0.15, -0.1) is 0 Å². The first kappa shape index (κ1) is 35.1. The van der Waals surface area contributed by atoms with Crippen molar-refractivity contribution in [2.24, 2.45) is 0 Å². The number of benzene rings is 1. The molecule has 0 atom stereocenters. The highest BCUT2D eigenvalue weighted by atomic mass is 16.5. The van der Waals surface area contributed by atoms with Crippen LogP contribution in [0.25, 0.3) is 0 Å². The van der Waals surface area contributed by atoms with Crippen LogP contribution in [0.1, 0.15) is 85.3 Å². The fourth-order valence-electron chi connectivity index (χ4n) is 2.93. The molecule has 1 aliphatic rings. The van der Waals surface area contributed by atoms with Gasteiger partial charge in [-0.2, -0.15) is 4.98 Å². The number of likely N-dealkylation sites (tertiary alicyclic amines) is 1. The van der Waals surface area contributed by atoms with Crippen molar-refractivity contribution in [3.63, 3.8) is 0 Å². The Morgan fingerprint density at radius 1 is 1.14 bits per heavy atom. The average Bonchev–Trinajstić information content (AvgIpc) is 3.30. The number of nitrogen functional groups attached to an aromatic ring is 1. The number of amides is 1. The van der Waals surface area contributed by atoms with Gasteiger partial charge in [-0.25, -0.2) is 0 Å². The monoisotopic (exact) mass is 501 g/mol. The number of hydrogen-bond acceptors (Lipinski definition) is 6. The van der Waals surface area contributed by atoms with E-state index < -0.39 is 0 Å². The summed E-state index contributed by atoms with van der Waals surface area (Å²) in [6, 6.07) is 11.5. The highest BCUT2D eigenvalue weighted by Crippen LogP contribution is 2.18. The molecule has 1 fully saturated rings. The molecule has 204 valence electrons. The summed E-state index contributed by atoms with van der Waals surface area (Å²) in [4.78, 5) is 17.4. The standard InChI is InChI=1S/C14H22N4O2.C8H9N.C3H8.2C2H6/c1-2-5-16-11-9-12(15)17-13(10-11)20-8-7-18-6-3-4-14(18)19;1-7-3-2-4-8(5-7)6-9;1-3-2;2*1-2/h9-10H,2-8H2,1H3,(H3,15,16,17);2-6,9H,1H3;3H2,1-2H3;2*1-2H3. The van der Waals surface area contributed by atoms with Gasteiger partial charge in [0.05, 0.1) is 6.54 Å². The Balaban J connectivity index is 0. The van der Waals surface area contributed by atoms with Gasteiger partial charge in [0.1, 0.15) is 12.4 Å². The van der Waals surface area contributed by atoms with Crippen LogP contribution >= 0.6 is 0 Å². The van der Waals surface area contributed by atoms with E-state index in [0.29, 0.717) is 31.3 Å². The number of carbonyl (C=O) groups is 1. The van der Waals surface area contributed by atoms with Gasteiger partial charge in [-0.05, 0) is 25.3 Å². The molecule has 0 aliphatic carbocycles. The number of aryl methyl sites for hydroxylation is 1. The molecule has 1 aromatic heterocycles. The molecule has 4 N–H and O–H groups in total. The normalized spacial score (nSPS) is 11.2. The number of pyridine rings is 1. The molecular weight excluding hydrogens is 450 g/mol. The number of nitrogens with zero attached hydrogens (tertiary/aromatic N) is 2. The van der Waals surface area contributed by atoms with E-state index in [1.54, 1.807) is 6.07 Å². The third-order valence-electron chi connectivity index (χ3n) is 4.39. The van der Waals surface area contributed by atoms with Crippen molar-refractivity contribution < 1.29 is 9.53 Å². The molecule has 2 heterocycles. The maximum absolute atomic E-state index is 11.5. The Hall–Kier alpha value is -3.09. The van der Waals surface area contributed by atoms with Gasteiger partial charge in [0, 0.05) is 43.5 Å². The number of aromatic nitrogens is 1. The Labute approximate surface area is 220 Å². The number of nitrogens with one attached hydrogen (secondary N) is 2. The number of ether oxygens (including phenoxy) is 1. The van der Waals surface area contributed by atoms with Crippen LogP contribution in [0.4, 0.5) is 11.5 Å². The topological polar surface area (TPSA) is 104 Å². The summed E-state index contributed by atoms with van der Waals surface area (Å²) in [5.74, 6) is 1.13. The van der Waals surface area contributed by atoms with Crippen molar-refractivity contribution in [2.75, 3.05) is 37.3 Å². The minimum atomic E-state index is 0.208. The third-order valence-corrected chi connectivity index (χ3v) is 4.39. The van der Waals surface area contributed by atoms with Crippen LogP contribution in [0, 0.1) is 12.3 Å². The SMILES string of the molecule is CC.CC.CCC.CCCNc1cc(N)nc(OCCN2CCCC2=O)c1.Cc1cccc(C=N)c1. The molecule has 0 bridgehead atoms. The van der Waals surface area contributed by atoms with Crippen LogP contribution in [0.15, 0.2) is 36.4 Å². The van der Waals surface area contributed by atoms with Crippen LogP contribution in [0.5, 0.6) is 5.88 Å². The highest BCUT2D eigenvalue weighted by molar-refractivity contribution is 5.78. The van der Waals surface area contributed by atoms with E-state index in [1.165, 1.54) is 18.2 Å². The van der Waals surface area contributed by atoms with E-state index in [1.807, 2.05) is 69.9 Å². The van der Waals surface area contributed by atoms with Gasteiger partial charge in [-0.3, -0.25) is 4.79 Å². The van der Waals surface area contributed by atoms with Crippen molar-refractivity contribution in [3.8, 4) is 5.88 Å². The Kier molecular flexibility index (Phi) is 23.0. The molecule has 1 saturated heterocycles. The van der Waals surface area contributed by atoms with Gasteiger partial charge in [0.25, 0.3) is 0 Å². The summed E-state index contributed by atoms with van der Waals surface area (Å²) in [6.07, 6.45) is 5.24. The Morgan fingerprint density at radius 2 is 1.81 bits per heavy atom. The molecule has 1 amide bonds. The molecule has 1 aliphatic heterocycles. The second kappa shape index (κ2) is 23.6. The minimum Gasteiger partial charge on any atom is -0.476 e. The van der Waals surface area contributed by atoms with Crippen LogP contribution in [-0.2, 0) is 4.79 Å². The molecule has 1 aromatic carbocycles. The summed E-state index contributed by atoms with van der Waals surface area (Å²) in [6.45, 7) is 19.1. The lowest BCUT2D eigenvalue weighted by Crippen LogP contribution is -2.29. The quantitative estimate of drug-likeness (QED) is 0.340. The summed E-state index contributed by atoms with van der Waals surface area (Å²) >= 11 is 0. The van der Waals surface area contributed by atoms with Crippen LogP contribution < -0.4 is 15.8 Å². The third kappa shape index (κ3) is 16.5. The number of anilines is 2. The van der Waals surface area contributed by atoms with Gasteiger partial charge in [-0.1, -0.05) is 84.7 Å². The van der Waals surface area contributed by atoms with Crippen molar-refractivity contribution in [3.05, 3.63) is 47.5 Å². The molecular formula is C29H51N5O2. The first-order valence-electron chi connectivity index (χ1n) is 13.4. The van der Waals surface area contributed by atoms with E-state index in [-0.39, 0.29) is 5.91 Å². The van der Waals surface area contributed by atoms with Gasteiger partial charge >= 0.3 is 0 Å².